The molecule has 0 aliphatic rings. The highest BCUT2D eigenvalue weighted by Crippen LogP contribution is 2.11. The van der Waals surface area contributed by atoms with Crippen LogP contribution in [0.5, 0.6) is 5.88 Å². The zero-order valence-electron chi connectivity index (χ0n) is 14.4. The molecular weight excluding hydrogens is 437 g/mol. The van der Waals surface area contributed by atoms with Crippen LogP contribution in [0, 0.1) is 6.92 Å². The zero-order valence-corrected chi connectivity index (χ0v) is 17.6. The fourth-order valence-electron chi connectivity index (χ4n) is 2.06. The molecule has 24 heavy (non-hydrogen) atoms. The van der Waals surface area contributed by atoms with E-state index in [1.54, 1.807) is 24.6 Å². The van der Waals surface area contributed by atoms with Gasteiger partial charge in [0.2, 0.25) is 5.88 Å². The Bertz CT molecular complexity index is 644. The summed E-state index contributed by atoms with van der Waals surface area (Å²) in [6, 6.07) is 3.82. The number of nitrogens with zero attached hydrogens (tertiary/aromatic N) is 4. The van der Waals surface area contributed by atoms with Gasteiger partial charge in [-0.3, -0.25) is 0 Å². The minimum atomic E-state index is 0. The highest BCUT2D eigenvalue weighted by Gasteiger charge is 2.08. The molecular formula is C16H24IN5OS. The molecule has 132 valence electrons. The normalized spacial score (nSPS) is 10.9. The van der Waals surface area contributed by atoms with Gasteiger partial charge >= 0.3 is 0 Å². The maximum atomic E-state index is 5.07. The molecule has 0 saturated carbocycles. The molecule has 6 nitrogen and oxygen atoms in total. The van der Waals surface area contributed by atoms with Gasteiger partial charge in [0.1, 0.15) is 0 Å². The van der Waals surface area contributed by atoms with E-state index in [0.29, 0.717) is 12.4 Å². The van der Waals surface area contributed by atoms with Gasteiger partial charge in [-0.15, -0.1) is 35.3 Å². The van der Waals surface area contributed by atoms with Gasteiger partial charge in [-0.1, -0.05) is 6.07 Å². The Hall–Kier alpha value is -1.42. The number of rotatable bonds is 6. The molecule has 0 fully saturated rings. The smallest absolute Gasteiger partial charge is 0.212 e. The van der Waals surface area contributed by atoms with Crippen molar-refractivity contribution in [1.82, 2.24) is 20.2 Å². The van der Waals surface area contributed by atoms with Crippen LogP contribution in [0.25, 0.3) is 0 Å². The topological polar surface area (TPSA) is 62.6 Å². The molecule has 1 N–H and O–H groups in total. The quantitative estimate of drug-likeness (QED) is 0.407. The molecule has 2 aromatic heterocycles. The molecule has 8 heteroatoms. The predicted molar refractivity (Wildman–Crippen MR) is 109 cm³/mol. The number of methoxy groups -OCH3 is 1. The van der Waals surface area contributed by atoms with E-state index >= 15 is 0 Å². The van der Waals surface area contributed by atoms with Gasteiger partial charge in [0.15, 0.2) is 5.96 Å². The van der Waals surface area contributed by atoms with Crippen molar-refractivity contribution in [2.45, 2.75) is 26.9 Å². The van der Waals surface area contributed by atoms with Crippen molar-refractivity contribution >= 4 is 41.3 Å². The lowest BCUT2D eigenvalue weighted by molar-refractivity contribution is 0.397. The summed E-state index contributed by atoms with van der Waals surface area (Å²) in [5, 5.41) is 6.48. The number of halogens is 1. The van der Waals surface area contributed by atoms with Gasteiger partial charge in [0, 0.05) is 31.2 Å². The minimum Gasteiger partial charge on any atom is -0.481 e. The van der Waals surface area contributed by atoms with Gasteiger partial charge < -0.3 is 15.0 Å². The summed E-state index contributed by atoms with van der Waals surface area (Å²) in [7, 11) is 3.63. The molecule has 0 aliphatic carbocycles. The lowest BCUT2D eigenvalue weighted by Gasteiger charge is -2.21. The van der Waals surface area contributed by atoms with Gasteiger partial charge in [-0.2, -0.15) is 0 Å². The molecule has 2 aromatic rings. The van der Waals surface area contributed by atoms with E-state index in [1.807, 2.05) is 26.1 Å². The summed E-state index contributed by atoms with van der Waals surface area (Å²) < 4.78 is 5.07. The summed E-state index contributed by atoms with van der Waals surface area (Å²) >= 11 is 1.67. The van der Waals surface area contributed by atoms with Crippen molar-refractivity contribution < 1.29 is 4.74 Å². The standard InChI is InChI=1S/C16H23N5OS.HI/c1-5-17-16(21(3)10-14-11-23-12(2)20-14)19-9-13-6-7-15(22-4)18-8-13;/h6-8,11H,5,9-10H2,1-4H3,(H,17,19);1H. The molecule has 0 amide bonds. The van der Waals surface area contributed by atoms with E-state index in [4.69, 9.17) is 4.74 Å². The lowest BCUT2D eigenvalue weighted by atomic mass is 10.3. The van der Waals surface area contributed by atoms with Crippen LogP contribution in [-0.2, 0) is 13.1 Å². The third-order valence-electron chi connectivity index (χ3n) is 3.18. The fourth-order valence-corrected chi connectivity index (χ4v) is 2.66. The van der Waals surface area contributed by atoms with Gasteiger partial charge in [-0.25, -0.2) is 15.0 Å². The molecule has 0 aromatic carbocycles. The Labute approximate surface area is 164 Å². The number of thiazole rings is 1. The van der Waals surface area contributed by atoms with Crippen molar-refractivity contribution in [1.29, 1.82) is 0 Å². The molecule has 0 bridgehead atoms. The number of aromatic nitrogens is 2. The van der Waals surface area contributed by atoms with Crippen LogP contribution < -0.4 is 10.1 Å². The SMILES string of the molecule is CCNC(=NCc1ccc(OC)nc1)N(C)Cc1csc(C)n1.I. The van der Waals surface area contributed by atoms with Crippen molar-refractivity contribution in [2.24, 2.45) is 4.99 Å². The first-order chi connectivity index (χ1) is 11.1. The zero-order chi connectivity index (χ0) is 16.7. The van der Waals surface area contributed by atoms with Crippen LogP contribution in [0.2, 0.25) is 0 Å². The van der Waals surface area contributed by atoms with E-state index < -0.39 is 0 Å². The predicted octanol–water partition coefficient (Wildman–Crippen LogP) is 3.07. The number of aliphatic imine (C=N–C) groups is 1. The van der Waals surface area contributed by atoms with Crippen LogP contribution in [0.4, 0.5) is 0 Å². The summed E-state index contributed by atoms with van der Waals surface area (Å²) in [4.78, 5) is 15.4. The molecule has 0 radical (unpaired) electrons. The molecule has 2 heterocycles. The van der Waals surface area contributed by atoms with Crippen molar-refractivity contribution in [3.8, 4) is 5.88 Å². The first-order valence-corrected chi connectivity index (χ1v) is 8.39. The van der Waals surface area contributed by atoms with Crippen LogP contribution in [-0.4, -0.2) is 41.5 Å². The van der Waals surface area contributed by atoms with E-state index in [0.717, 1.165) is 35.3 Å². The van der Waals surface area contributed by atoms with Crippen LogP contribution in [0.15, 0.2) is 28.7 Å². The lowest BCUT2D eigenvalue weighted by Crippen LogP contribution is -2.38. The third-order valence-corrected chi connectivity index (χ3v) is 4.00. The Morgan fingerprint density at radius 2 is 2.21 bits per heavy atom. The Balaban J connectivity index is 0.00000288. The largest absolute Gasteiger partial charge is 0.481 e. The number of ether oxygens (including phenoxy) is 1. The summed E-state index contributed by atoms with van der Waals surface area (Å²) in [6.45, 7) is 6.20. The Morgan fingerprint density at radius 3 is 2.75 bits per heavy atom. The van der Waals surface area contributed by atoms with Gasteiger partial charge in [0.05, 0.1) is 30.9 Å². The first-order valence-electron chi connectivity index (χ1n) is 7.51. The monoisotopic (exact) mass is 461 g/mol. The van der Waals surface area contributed by atoms with Gasteiger partial charge in [-0.05, 0) is 19.4 Å². The number of hydrogen-bond donors (Lipinski definition) is 1. The molecule has 0 saturated heterocycles. The third kappa shape index (κ3) is 6.23. The molecule has 0 spiro atoms. The number of guanidine groups is 1. The summed E-state index contributed by atoms with van der Waals surface area (Å²) in [5.74, 6) is 1.47. The molecule has 0 atom stereocenters. The maximum absolute atomic E-state index is 5.07. The number of nitrogens with one attached hydrogen (secondary N) is 1. The van der Waals surface area contributed by atoms with Crippen molar-refractivity contribution in [3.63, 3.8) is 0 Å². The van der Waals surface area contributed by atoms with Crippen LogP contribution >= 0.6 is 35.3 Å². The molecule has 0 unspecified atom stereocenters. The van der Waals surface area contributed by atoms with Gasteiger partial charge in [0.25, 0.3) is 0 Å². The second kappa shape index (κ2) is 10.4. The highest BCUT2D eigenvalue weighted by atomic mass is 127. The van der Waals surface area contributed by atoms with E-state index in [9.17, 15) is 0 Å². The second-order valence-corrected chi connectivity index (χ2v) is 6.16. The van der Waals surface area contributed by atoms with Crippen LogP contribution in [0.3, 0.4) is 0 Å². The summed E-state index contributed by atoms with van der Waals surface area (Å²) in [6.07, 6.45) is 1.79. The Morgan fingerprint density at radius 1 is 1.42 bits per heavy atom. The molecule has 0 aliphatic heterocycles. The average molecular weight is 461 g/mol. The first kappa shape index (κ1) is 20.6. The second-order valence-electron chi connectivity index (χ2n) is 5.09. The summed E-state index contributed by atoms with van der Waals surface area (Å²) in [5.41, 5.74) is 2.10. The van der Waals surface area contributed by atoms with Crippen molar-refractivity contribution in [3.05, 3.63) is 40.0 Å². The van der Waals surface area contributed by atoms with E-state index in [1.165, 1.54) is 0 Å². The highest BCUT2D eigenvalue weighted by molar-refractivity contribution is 14.0. The minimum absolute atomic E-state index is 0. The van der Waals surface area contributed by atoms with E-state index in [-0.39, 0.29) is 24.0 Å². The number of hydrogen-bond acceptors (Lipinski definition) is 5. The number of aryl methyl sites for hydroxylation is 1. The van der Waals surface area contributed by atoms with E-state index in [2.05, 4.69) is 37.5 Å². The number of pyridine rings is 1. The molecule has 2 rings (SSSR count). The van der Waals surface area contributed by atoms with Crippen molar-refractivity contribution in [2.75, 3.05) is 20.7 Å². The fraction of sp³-hybridized carbons (Fsp3) is 0.438. The maximum Gasteiger partial charge on any atom is 0.212 e. The van der Waals surface area contributed by atoms with Crippen LogP contribution in [0.1, 0.15) is 23.2 Å². The Kier molecular flexibility index (Phi) is 8.98. The average Bonchev–Trinajstić information content (AvgIpc) is 2.96.